The molecule has 0 fully saturated rings. The van der Waals surface area contributed by atoms with Gasteiger partial charge in [0, 0.05) is 18.2 Å². The highest BCUT2D eigenvalue weighted by molar-refractivity contribution is 6.38. The van der Waals surface area contributed by atoms with Crippen molar-refractivity contribution in [1.82, 2.24) is 0 Å². The van der Waals surface area contributed by atoms with E-state index in [1.165, 1.54) is 12.1 Å². The predicted octanol–water partition coefficient (Wildman–Crippen LogP) is 4.76. The summed E-state index contributed by atoms with van der Waals surface area (Å²) in [4.78, 5) is 14.6. The number of halogens is 1. The van der Waals surface area contributed by atoms with Crippen LogP contribution in [0.5, 0.6) is 0 Å². The monoisotopic (exact) mass is 329 g/mol. The van der Waals surface area contributed by atoms with Gasteiger partial charge in [-0.05, 0) is 29.3 Å². The second-order valence-corrected chi connectivity index (χ2v) is 6.01. The molecule has 3 heteroatoms. The van der Waals surface area contributed by atoms with Gasteiger partial charge < -0.3 is 4.90 Å². The third-order valence-electron chi connectivity index (χ3n) is 4.48. The maximum Gasteiger partial charge on any atom is 0.259 e. The highest BCUT2D eigenvalue weighted by atomic mass is 19.1. The first kappa shape index (κ1) is 15.3. The molecule has 0 radical (unpaired) electrons. The van der Waals surface area contributed by atoms with Gasteiger partial charge in [-0.15, -0.1) is 0 Å². The van der Waals surface area contributed by atoms with Crippen LogP contribution in [-0.2, 0) is 4.79 Å². The largest absolute Gasteiger partial charge is 0.311 e. The van der Waals surface area contributed by atoms with Gasteiger partial charge in [-0.1, -0.05) is 60.7 Å². The minimum absolute atomic E-state index is 0.122. The molecule has 0 saturated carbocycles. The fourth-order valence-corrected chi connectivity index (χ4v) is 3.30. The predicted molar refractivity (Wildman–Crippen MR) is 98.6 cm³/mol. The van der Waals surface area contributed by atoms with Crippen LogP contribution in [-0.4, -0.2) is 13.0 Å². The normalized spacial score (nSPS) is 13.1. The highest BCUT2D eigenvalue weighted by Gasteiger charge is 2.33. The summed E-state index contributed by atoms with van der Waals surface area (Å²) in [7, 11) is 1.72. The molecule has 4 rings (SSSR count). The number of anilines is 1. The van der Waals surface area contributed by atoms with E-state index < -0.39 is 0 Å². The number of benzene rings is 3. The molecule has 3 aromatic carbocycles. The van der Waals surface area contributed by atoms with Crippen molar-refractivity contribution in [3.05, 3.63) is 101 Å². The van der Waals surface area contributed by atoms with E-state index in [1.807, 2.05) is 60.7 Å². The number of hydrogen-bond donors (Lipinski definition) is 0. The van der Waals surface area contributed by atoms with E-state index in [0.29, 0.717) is 11.1 Å². The summed E-state index contributed by atoms with van der Waals surface area (Å²) >= 11 is 0. The summed E-state index contributed by atoms with van der Waals surface area (Å²) in [6.45, 7) is 0. The van der Waals surface area contributed by atoms with Gasteiger partial charge in [0.1, 0.15) is 5.82 Å². The molecule has 25 heavy (non-hydrogen) atoms. The van der Waals surface area contributed by atoms with Crippen molar-refractivity contribution in [2.75, 3.05) is 11.9 Å². The second kappa shape index (κ2) is 6.02. The smallest absolute Gasteiger partial charge is 0.259 e. The van der Waals surface area contributed by atoms with Crippen LogP contribution in [0, 0.1) is 5.82 Å². The lowest BCUT2D eigenvalue weighted by Crippen LogP contribution is -2.20. The first-order valence-corrected chi connectivity index (χ1v) is 8.10. The first-order chi connectivity index (χ1) is 12.2. The average molecular weight is 329 g/mol. The fraction of sp³-hybridized carbons (Fsp3) is 0.0455. The number of carbonyl (C=O) groups is 1. The molecule has 0 spiro atoms. The van der Waals surface area contributed by atoms with Crippen molar-refractivity contribution in [3.63, 3.8) is 0 Å². The molecule has 1 aliphatic rings. The number of hydrogen-bond acceptors (Lipinski definition) is 1. The number of rotatable bonds is 2. The van der Waals surface area contributed by atoms with Crippen LogP contribution in [0.1, 0.15) is 16.7 Å². The van der Waals surface area contributed by atoms with E-state index in [9.17, 15) is 9.18 Å². The van der Waals surface area contributed by atoms with Crippen LogP contribution in [0.25, 0.3) is 11.1 Å². The number of fused-ring (bicyclic) bond motifs is 1. The van der Waals surface area contributed by atoms with Crippen molar-refractivity contribution >= 4 is 22.7 Å². The van der Waals surface area contributed by atoms with Crippen LogP contribution in [0.4, 0.5) is 10.1 Å². The third kappa shape index (κ3) is 2.54. The standard InChI is InChI=1S/C22H16FNO/c1-24-19-13-12-17(23)14-18(19)21(22(24)25)20(15-8-4-2-5-9-15)16-10-6-3-7-11-16/h2-14H,1H3. The zero-order valence-corrected chi connectivity index (χ0v) is 13.7. The van der Waals surface area contributed by atoms with E-state index in [4.69, 9.17) is 0 Å². The van der Waals surface area contributed by atoms with Gasteiger partial charge in [0.25, 0.3) is 5.91 Å². The van der Waals surface area contributed by atoms with Crippen LogP contribution in [0.15, 0.2) is 78.9 Å². The van der Waals surface area contributed by atoms with E-state index in [-0.39, 0.29) is 11.7 Å². The number of nitrogens with zero attached hydrogens (tertiary/aromatic N) is 1. The maximum atomic E-state index is 13.9. The van der Waals surface area contributed by atoms with Crippen LogP contribution < -0.4 is 4.90 Å². The molecule has 2 nitrogen and oxygen atoms in total. The van der Waals surface area contributed by atoms with Gasteiger partial charge >= 0.3 is 0 Å². The molecule has 1 aliphatic heterocycles. The molecule has 0 bridgehead atoms. The Kier molecular flexibility index (Phi) is 3.69. The molecule has 0 unspecified atom stereocenters. The average Bonchev–Trinajstić information content (AvgIpc) is 2.88. The molecule has 0 aliphatic carbocycles. The fourth-order valence-electron chi connectivity index (χ4n) is 3.30. The van der Waals surface area contributed by atoms with Crippen LogP contribution in [0.3, 0.4) is 0 Å². The molecule has 0 atom stereocenters. The van der Waals surface area contributed by atoms with E-state index in [2.05, 4.69) is 0 Å². The SMILES string of the molecule is CN1C(=O)C(=C(c2ccccc2)c2ccccc2)c2cc(F)ccc21. The Labute approximate surface area is 145 Å². The molecule has 122 valence electrons. The van der Waals surface area contributed by atoms with Crippen molar-refractivity contribution in [1.29, 1.82) is 0 Å². The zero-order chi connectivity index (χ0) is 17.4. The summed E-state index contributed by atoms with van der Waals surface area (Å²) < 4.78 is 13.9. The van der Waals surface area contributed by atoms with Gasteiger partial charge in [-0.3, -0.25) is 4.79 Å². The summed E-state index contributed by atoms with van der Waals surface area (Å²) in [5, 5.41) is 0. The minimum atomic E-state index is -0.347. The molecule has 0 saturated heterocycles. The minimum Gasteiger partial charge on any atom is -0.311 e. The second-order valence-electron chi connectivity index (χ2n) is 6.01. The zero-order valence-electron chi connectivity index (χ0n) is 13.7. The Morgan fingerprint density at radius 2 is 1.40 bits per heavy atom. The van der Waals surface area contributed by atoms with Gasteiger partial charge in [-0.2, -0.15) is 0 Å². The Morgan fingerprint density at radius 3 is 1.96 bits per heavy atom. The number of amides is 1. The topological polar surface area (TPSA) is 20.3 Å². The lowest BCUT2D eigenvalue weighted by molar-refractivity contribution is -0.112. The Hall–Kier alpha value is -3.20. The van der Waals surface area contributed by atoms with Crippen molar-refractivity contribution in [2.24, 2.45) is 0 Å². The lowest BCUT2D eigenvalue weighted by Gasteiger charge is -2.13. The van der Waals surface area contributed by atoms with E-state index in [0.717, 1.165) is 22.4 Å². The van der Waals surface area contributed by atoms with Crippen LogP contribution >= 0.6 is 0 Å². The Bertz CT molecular complexity index is 936. The molecular formula is C22H16FNO. The maximum absolute atomic E-state index is 13.9. The van der Waals surface area contributed by atoms with Gasteiger partial charge in [0.15, 0.2) is 0 Å². The third-order valence-corrected chi connectivity index (χ3v) is 4.48. The Balaban J connectivity index is 2.08. The summed E-state index contributed by atoms with van der Waals surface area (Å²) in [6, 6.07) is 24.0. The summed E-state index contributed by atoms with van der Waals surface area (Å²) in [5.74, 6) is -0.469. The first-order valence-electron chi connectivity index (χ1n) is 8.10. The molecule has 1 amide bonds. The summed E-state index contributed by atoms with van der Waals surface area (Å²) in [5.41, 5.74) is 4.59. The molecule has 0 aromatic heterocycles. The highest BCUT2D eigenvalue weighted by Crippen LogP contribution is 2.42. The molecular weight excluding hydrogens is 313 g/mol. The summed E-state index contributed by atoms with van der Waals surface area (Å²) in [6.07, 6.45) is 0. The van der Waals surface area contributed by atoms with Gasteiger partial charge in [-0.25, -0.2) is 4.39 Å². The van der Waals surface area contributed by atoms with Gasteiger partial charge in [0.2, 0.25) is 0 Å². The molecule has 1 heterocycles. The van der Waals surface area contributed by atoms with Crippen molar-refractivity contribution in [2.45, 2.75) is 0 Å². The molecule has 0 N–H and O–H groups in total. The number of carbonyl (C=O) groups excluding carboxylic acids is 1. The van der Waals surface area contributed by atoms with Crippen molar-refractivity contribution < 1.29 is 9.18 Å². The number of likely N-dealkylation sites (N-methyl/N-ethyl adjacent to an activating group) is 1. The lowest BCUT2D eigenvalue weighted by atomic mass is 9.90. The molecule has 3 aromatic rings. The van der Waals surface area contributed by atoms with E-state index >= 15 is 0 Å². The van der Waals surface area contributed by atoms with Crippen LogP contribution in [0.2, 0.25) is 0 Å². The van der Waals surface area contributed by atoms with Gasteiger partial charge in [0.05, 0.1) is 11.3 Å². The van der Waals surface area contributed by atoms with Crippen molar-refractivity contribution in [3.8, 4) is 0 Å². The van der Waals surface area contributed by atoms with E-state index in [1.54, 1.807) is 18.0 Å². The quantitative estimate of drug-likeness (QED) is 0.621. The Morgan fingerprint density at radius 1 is 0.840 bits per heavy atom.